The molecular formula is C12H14FNO. The van der Waals surface area contributed by atoms with Crippen LogP contribution >= 0.6 is 0 Å². The van der Waals surface area contributed by atoms with E-state index in [1.165, 1.54) is 6.07 Å². The van der Waals surface area contributed by atoms with Gasteiger partial charge < -0.3 is 5.32 Å². The Morgan fingerprint density at radius 2 is 2.13 bits per heavy atom. The number of hydrogen-bond acceptors (Lipinski definition) is 1. The molecule has 3 heteroatoms. The van der Waals surface area contributed by atoms with Crippen LogP contribution in [0.2, 0.25) is 0 Å². The third-order valence-electron chi connectivity index (χ3n) is 2.89. The molecule has 1 aliphatic rings. The summed E-state index contributed by atoms with van der Waals surface area (Å²) in [5.41, 5.74) is 0.546. The molecule has 2 nitrogen and oxygen atoms in total. The summed E-state index contributed by atoms with van der Waals surface area (Å²) in [4.78, 5) is 11.5. The molecule has 0 aliphatic heterocycles. The van der Waals surface area contributed by atoms with Crippen LogP contribution < -0.4 is 5.32 Å². The van der Waals surface area contributed by atoms with Crippen LogP contribution in [0, 0.1) is 11.7 Å². The minimum absolute atomic E-state index is 0.0597. The zero-order valence-electron chi connectivity index (χ0n) is 8.50. The largest absolute Gasteiger partial charge is 0.352 e. The first-order valence-corrected chi connectivity index (χ1v) is 5.28. The van der Waals surface area contributed by atoms with Crippen molar-refractivity contribution < 1.29 is 9.18 Å². The Labute approximate surface area is 88.5 Å². The van der Waals surface area contributed by atoms with Gasteiger partial charge in [-0.05, 0) is 18.9 Å². The molecule has 0 atom stereocenters. The van der Waals surface area contributed by atoms with Crippen LogP contribution in [0.25, 0.3) is 0 Å². The molecule has 0 radical (unpaired) electrons. The third-order valence-corrected chi connectivity index (χ3v) is 2.89. The second-order valence-electron chi connectivity index (χ2n) is 3.94. The number of amides is 1. The zero-order chi connectivity index (χ0) is 10.7. The smallest absolute Gasteiger partial charge is 0.223 e. The van der Waals surface area contributed by atoms with Gasteiger partial charge in [0.25, 0.3) is 0 Å². The molecule has 1 saturated carbocycles. The quantitative estimate of drug-likeness (QED) is 0.809. The summed E-state index contributed by atoms with van der Waals surface area (Å²) < 4.78 is 13.2. The molecule has 2 rings (SSSR count). The van der Waals surface area contributed by atoms with Crippen molar-refractivity contribution in [2.75, 3.05) is 0 Å². The molecule has 15 heavy (non-hydrogen) atoms. The number of carbonyl (C=O) groups is 1. The molecule has 1 aliphatic carbocycles. The van der Waals surface area contributed by atoms with Crippen LogP contribution in [0.3, 0.4) is 0 Å². The van der Waals surface area contributed by atoms with Gasteiger partial charge in [-0.1, -0.05) is 24.6 Å². The summed E-state index contributed by atoms with van der Waals surface area (Å²) in [6, 6.07) is 6.52. The fraction of sp³-hybridized carbons (Fsp3) is 0.417. The highest BCUT2D eigenvalue weighted by Gasteiger charge is 2.24. The number of benzene rings is 1. The Balaban J connectivity index is 1.87. The normalized spacial score (nSPS) is 15.8. The Morgan fingerprint density at radius 3 is 2.73 bits per heavy atom. The van der Waals surface area contributed by atoms with E-state index in [0.29, 0.717) is 12.1 Å². The Hall–Kier alpha value is -1.38. The van der Waals surface area contributed by atoms with Crippen LogP contribution in [0.5, 0.6) is 0 Å². The number of hydrogen-bond donors (Lipinski definition) is 1. The number of carbonyl (C=O) groups excluding carboxylic acids is 1. The SMILES string of the molecule is O=C(NCc1ccccc1F)C1CCC1. The average molecular weight is 207 g/mol. The van der Waals surface area contributed by atoms with Crippen LogP contribution in [0.15, 0.2) is 24.3 Å². The maximum Gasteiger partial charge on any atom is 0.223 e. The van der Waals surface area contributed by atoms with Crippen LogP contribution in [0.4, 0.5) is 4.39 Å². The van der Waals surface area contributed by atoms with Crippen molar-refractivity contribution >= 4 is 5.91 Å². The van der Waals surface area contributed by atoms with E-state index < -0.39 is 0 Å². The monoisotopic (exact) mass is 207 g/mol. The van der Waals surface area contributed by atoms with Crippen molar-refractivity contribution in [2.45, 2.75) is 25.8 Å². The van der Waals surface area contributed by atoms with Crippen LogP contribution in [-0.4, -0.2) is 5.91 Å². The molecule has 0 bridgehead atoms. The Kier molecular flexibility index (Phi) is 2.99. The highest BCUT2D eigenvalue weighted by Crippen LogP contribution is 2.26. The lowest BCUT2D eigenvalue weighted by Crippen LogP contribution is -2.34. The highest BCUT2D eigenvalue weighted by atomic mass is 19.1. The maximum atomic E-state index is 13.2. The molecule has 1 amide bonds. The van der Waals surface area contributed by atoms with E-state index in [1.54, 1.807) is 18.2 Å². The van der Waals surface area contributed by atoms with Gasteiger partial charge in [0.1, 0.15) is 5.82 Å². The van der Waals surface area contributed by atoms with Gasteiger partial charge in [-0.2, -0.15) is 0 Å². The molecule has 0 spiro atoms. The van der Waals surface area contributed by atoms with Gasteiger partial charge >= 0.3 is 0 Å². The first-order chi connectivity index (χ1) is 7.27. The van der Waals surface area contributed by atoms with Gasteiger partial charge in [-0.25, -0.2) is 4.39 Å². The van der Waals surface area contributed by atoms with Crippen LogP contribution in [-0.2, 0) is 11.3 Å². The summed E-state index contributed by atoms with van der Waals surface area (Å²) in [6.07, 6.45) is 3.09. The second-order valence-corrected chi connectivity index (χ2v) is 3.94. The van der Waals surface area contributed by atoms with Gasteiger partial charge in [-0.3, -0.25) is 4.79 Å². The lowest BCUT2D eigenvalue weighted by Gasteiger charge is -2.24. The summed E-state index contributed by atoms with van der Waals surface area (Å²) in [5, 5.41) is 2.76. The summed E-state index contributed by atoms with van der Waals surface area (Å²) in [7, 11) is 0. The molecule has 1 aromatic rings. The number of nitrogens with one attached hydrogen (secondary N) is 1. The molecule has 0 saturated heterocycles. The van der Waals surface area contributed by atoms with E-state index in [9.17, 15) is 9.18 Å². The average Bonchev–Trinajstić information content (AvgIpc) is 2.14. The topological polar surface area (TPSA) is 29.1 Å². The standard InChI is InChI=1S/C12H14FNO/c13-11-7-2-1-4-10(11)8-14-12(15)9-5-3-6-9/h1-2,4,7,9H,3,5-6,8H2,(H,14,15). The van der Waals surface area contributed by atoms with E-state index in [1.807, 2.05) is 0 Å². The Morgan fingerprint density at radius 1 is 1.40 bits per heavy atom. The third kappa shape index (κ3) is 2.35. The first-order valence-electron chi connectivity index (χ1n) is 5.28. The molecule has 0 aromatic heterocycles. The van der Waals surface area contributed by atoms with Gasteiger partial charge in [0.2, 0.25) is 5.91 Å². The van der Waals surface area contributed by atoms with E-state index in [4.69, 9.17) is 0 Å². The van der Waals surface area contributed by atoms with Crippen molar-refractivity contribution in [3.63, 3.8) is 0 Å². The van der Waals surface area contributed by atoms with Crippen molar-refractivity contribution in [2.24, 2.45) is 5.92 Å². The summed E-state index contributed by atoms with van der Waals surface area (Å²) in [5.74, 6) is -0.0346. The minimum atomic E-state index is -0.258. The second kappa shape index (κ2) is 4.43. The minimum Gasteiger partial charge on any atom is -0.352 e. The molecule has 0 heterocycles. The fourth-order valence-electron chi connectivity index (χ4n) is 1.64. The van der Waals surface area contributed by atoms with E-state index in [2.05, 4.69) is 5.32 Å². The maximum absolute atomic E-state index is 13.2. The number of halogens is 1. The molecule has 1 fully saturated rings. The van der Waals surface area contributed by atoms with E-state index >= 15 is 0 Å². The van der Waals surface area contributed by atoms with Gasteiger partial charge in [0.15, 0.2) is 0 Å². The Bertz CT molecular complexity index is 360. The van der Waals surface area contributed by atoms with Crippen molar-refractivity contribution in [1.29, 1.82) is 0 Å². The molecule has 80 valence electrons. The lowest BCUT2D eigenvalue weighted by molar-refractivity contribution is -0.127. The molecular weight excluding hydrogens is 193 g/mol. The highest BCUT2D eigenvalue weighted by molar-refractivity contribution is 5.79. The van der Waals surface area contributed by atoms with Crippen molar-refractivity contribution in [1.82, 2.24) is 5.32 Å². The van der Waals surface area contributed by atoms with Crippen LogP contribution in [0.1, 0.15) is 24.8 Å². The van der Waals surface area contributed by atoms with Gasteiger partial charge in [0, 0.05) is 18.0 Å². The van der Waals surface area contributed by atoms with Crippen molar-refractivity contribution in [3.8, 4) is 0 Å². The van der Waals surface area contributed by atoms with Gasteiger partial charge in [0.05, 0.1) is 0 Å². The van der Waals surface area contributed by atoms with E-state index in [-0.39, 0.29) is 17.6 Å². The van der Waals surface area contributed by atoms with Gasteiger partial charge in [-0.15, -0.1) is 0 Å². The first kappa shape index (κ1) is 10.1. The number of rotatable bonds is 3. The lowest BCUT2D eigenvalue weighted by atomic mass is 9.85. The van der Waals surface area contributed by atoms with E-state index in [0.717, 1.165) is 19.3 Å². The summed E-state index contributed by atoms with van der Waals surface area (Å²) >= 11 is 0. The fourth-order valence-corrected chi connectivity index (χ4v) is 1.64. The zero-order valence-corrected chi connectivity index (χ0v) is 8.50. The molecule has 1 N–H and O–H groups in total. The predicted octanol–water partition coefficient (Wildman–Crippen LogP) is 2.24. The van der Waals surface area contributed by atoms with Crippen molar-refractivity contribution in [3.05, 3.63) is 35.6 Å². The predicted molar refractivity (Wildman–Crippen MR) is 55.6 cm³/mol. The molecule has 0 unspecified atom stereocenters. The summed E-state index contributed by atoms with van der Waals surface area (Å²) in [6.45, 7) is 0.294. The molecule has 1 aromatic carbocycles.